The van der Waals surface area contributed by atoms with Gasteiger partial charge in [0.25, 0.3) is 11.5 Å². The number of carbonyl (C=O) groups is 1. The minimum absolute atomic E-state index is 0.198. The molecule has 4 rings (SSSR count). The number of amides is 1. The fourth-order valence-corrected chi connectivity index (χ4v) is 3.06. The molecule has 2 aromatic carbocycles. The predicted molar refractivity (Wildman–Crippen MR) is 110 cm³/mol. The van der Waals surface area contributed by atoms with Gasteiger partial charge >= 0.3 is 0 Å². The molecule has 0 radical (unpaired) electrons. The number of benzene rings is 2. The lowest BCUT2D eigenvalue weighted by Gasteiger charge is -2.09. The summed E-state index contributed by atoms with van der Waals surface area (Å²) < 4.78 is 6.62. The van der Waals surface area contributed by atoms with Crippen molar-refractivity contribution in [1.82, 2.24) is 19.7 Å². The van der Waals surface area contributed by atoms with Gasteiger partial charge in [-0.1, -0.05) is 17.7 Å². The number of rotatable bonds is 4. The first-order valence-corrected chi connectivity index (χ1v) is 8.98. The van der Waals surface area contributed by atoms with E-state index in [1.165, 1.54) is 4.68 Å². The zero-order chi connectivity index (χ0) is 20.5. The van der Waals surface area contributed by atoms with Crippen LogP contribution in [-0.4, -0.2) is 32.8 Å². The average molecular weight is 389 g/mol. The summed E-state index contributed by atoms with van der Waals surface area (Å²) in [5.41, 5.74) is 2.33. The van der Waals surface area contributed by atoms with Gasteiger partial charge in [-0.3, -0.25) is 14.6 Å². The van der Waals surface area contributed by atoms with Crippen molar-refractivity contribution in [2.45, 2.75) is 13.8 Å². The van der Waals surface area contributed by atoms with Gasteiger partial charge in [0.1, 0.15) is 11.6 Å². The molecule has 0 bridgehead atoms. The van der Waals surface area contributed by atoms with E-state index in [1.54, 1.807) is 50.4 Å². The molecule has 8 nitrogen and oxygen atoms in total. The van der Waals surface area contributed by atoms with Gasteiger partial charge in [0.05, 0.1) is 23.7 Å². The van der Waals surface area contributed by atoms with Crippen molar-refractivity contribution in [1.29, 1.82) is 0 Å². The molecule has 29 heavy (non-hydrogen) atoms. The molecule has 0 fully saturated rings. The van der Waals surface area contributed by atoms with Gasteiger partial charge in [-0.2, -0.15) is 9.78 Å². The Morgan fingerprint density at radius 1 is 1.14 bits per heavy atom. The van der Waals surface area contributed by atoms with E-state index in [9.17, 15) is 9.59 Å². The van der Waals surface area contributed by atoms with Crippen molar-refractivity contribution in [2.75, 3.05) is 12.4 Å². The maximum absolute atomic E-state index is 12.7. The normalized spacial score (nSPS) is 10.9. The van der Waals surface area contributed by atoms with Crippen LogP contribution in [-0.2, 0) is 0 Å². The van der Waals surface area contributed by atoms with E-state index >= 15 is 0 Å². The molecule has 0 saturated heterocycles. The second-order valence-electron chi connectivity index (χ2n) is 6.68. The zero-order valence-corrected chi connectivity index (χ0v) is 16.2. The maximum atomic E-state index is 12.7. The SMILES string of the molecule is COc1ccc2c(=O)[nH]c(-n3nc(C)cc3NC(=O)c3cccc(C)c3)nc2c1. The van der Waals surface area contributed by atoms with E-state index in [1.807, 2.05) is 19.1 Å². The fraction of sp³-hybridized carbons (Fsp3) is 0.143. The number of anilines is 1. The van der Waals surface area contributed by atoms with Crippen LogP contribution in [0.2, 0.25) is 0 Å². The second-order valence-corrected chi connectivity index (χ2v) is 6.68. The number of ether oxygens (including phenoxy) is 1. The number of aromatic nitrogens is 4. The summed E-state index contributed by atoms with van der Waals surface area (Å²) in [4.78, 5) is 32.4. The summed E-state index contributed by atoms with van der Waals surface area (Å²) in [7, 11) is 1.55. The lowest BCUT2D eigenvalue weighted by molar-refractivity contribution is 0.102. The van der Waals surface area contributed by atoms with E-state index in [-0.39, 0.29) is 17.4 Å². The third kappa shape index (κ3) is 3.60. The van der Waals surface area contributed by atoms with Gasteiger partial charge in [0.2, 0.25) is 5.95 Å². The van der Waals surface area contributed by atoms with Crippen molar-refractivity contribution in [2.24, 2.45) is 0 Å². The minimum atomic E-state index is -0.309. The second kappa shape index (κ2) is 7.23. The van der Waals surface area contributed by atoms with Gasteiger partial charge in [0.15, 0.2) is 0 Å². The molecule has 2 N–H and O–H groups in total. The Morgan fingerprint density at radius 3 is 2.72 bits per heavy atom. The number of H-pyrrole nitrogens is 1. The molecule has 0 spiro atoms. The highest BCUT2D eigenvalue weighted by atomic mass is 16.5. The predicted octanol–water partition coefficient (Wildman–Crippen LogP) is 2.99. The number of methoxy groups -OCH3 is 1. The molecular formula is C21H19N5O3. The quantitative estimate of drug-likeness (QED) is 0.559. The van der Waals surface area contributed by atoms with Crippen molar-refractivity contribution >= 4 is 22.6 Å². The summed E-state index contributed by atoms with van der Waals surface area (Å²) in [5.74, 6) is 0.911. The molecule has 1 amide bonds. The summed E-state index contributed by atoms with van der Waals surface area (Å²) in [6.45, 7) is 3.71. The number of nitrogens with zero attached hydrogens (tertiary/aromatic N) is 3. The summed E-state index contributed by atoms with van der Waals surface area (Å²) in [5, 5.41) is 7.65. The molecule has 8 heteroatoms. The van der Waals surface area contributed by atoms with E-state index in [2.05, 4.69) is 20.4 Å². The number of hydrogen-bond acceptors (Lipinski definition) is 5. The standard InChI is InChI=1S/C21H19N5O3/c1-12-5-4-6-14(9-12)19(27)23-18-10-13(2)25-26(18)21-22-17-11-15(29-3)7-8-16(17)20(28)24-21/h4-11H,1-3H3,(H,23,27)(H,22,24,28). The first-order valence-electron chi connectivity index (χ1n) is 8.98. The molecule has 0 aliphatic carbocycles. The molecular weight excluding hydrogens is 370 g/mol. The largest absolute Gasteiger partial charge is 0.497 e. The van der Waals surface area contributed by atoms with Crippen LogP contribution in [0.1, 0.15) is 21.6 Å². The van der Waals surface area contributed by atoms with Crippen LogP contribution in [0.25, 0.3) is 16.9 Å². The fourth-order valence-electron chi connectivity index (χ4n) is 3.06. The topological polar surface area (TPSA) is 102 Å². The highest BCUT2D eigenvalue weighted by molar-refractivity contribution is 6.04. The number of hydrogen-bond donors (Lipinski definition) is 2. The Labute approximate surface area is 166 Å². The Bertz CT molecular complexity index is 1290. The van der Waals surface area contributed by atoms with Crippen molar-refractivity contribution in [3.63, 3.8) is 0 Å². The molecule has 0 aliphatic heterocycles. The first-order chi connectivity index (χ1) is 13.9. The highest BCUT2D eigenvalue weighted by Gasteiger charge is 2.15. The molecule has 2 aromatic heterocycles. The van der Waals surface area contributed by atoms with E-state index < -0.39 is 0 Å². The number of carbonyl (C=O) groups excluding carboxylic acids is 1. The lowest BCUT2D eigenvalue weighted by Crippen LogP contribution is -2.19. The van der Waals surface area contributed by atoms with Gasteiger partial charge in [0, 0.05) is 17.7 Å². The monoisotopic (exact) mass is 389 g/mol. The van der Waals surface area contributed by atoms with Crippen molar-refractivity contribution in [3.05, 3.63) is 75.7 Å². The van der Waals surface area contributed by atoms with Crippen LogP contribution in [0.3, 0.4) is 0 Å². The molecule has 0 saturated carbocycles. The average Bonchev–Trinajstić information content (AvgIpc) is 3.07. The Balaban J connectivity index is 1.76. The highest BCUT2D eigenvalue weighted by Crippen LogP contribution is 2.19. The maximum Gasteiger partial charge on any atom is 0.260 e. The van der Waals surface area contributed by atoms with Crippen LogP contribution < -0.4 is 15.6 Å². The van der Waals surface area contributed by atoms with E-state index in [0.29, 0.717) is 33.7 Å². The molecule has 0 aliphatic rings. The van der Waals surface area contributed by atoms with Crippen LogP contribution in [0.5, 0.6) is 5.75 Å². The van der Waals surface area contributed by atoms with Crippen molar-refractivity contribution < 1.29 is 9.53 Å². The first kappa shape index (κ1) is 18.4. The van der Waals surface area contributed by atoms with Gasteiger partial charge in [-0.25, -0.2) is 4.98 Å². The number of nitrogens with one attached hydrogen (secondary N) is 2. The zero-order valence-electron chi connectivity index (χ0n) is 16.2. The van der Waals surface area contributed by atoms with Crippen LogP contribution >= 0.6 is 0 Å². The van der Waals surface area contributed by atoms with Crippen molar-refractivity contribution in [3.8, 4) is 11.7 Å². The number of aromatic amines is 1. The van der Waals surface area contributed by atoms with Gasteiger partial charge in [-0.15, -0.1) is 0 Å². The Kier molecular flexibility index (Phi) is 4.59. The van der Waals surface area contributed by atoms with Gasteiger partial charge < -0.3 is 10.1 Å². The lowest BCUT2D eigenvalue weighted by atomic mass is 10.1. The molecule has 2 heterocycles. The molecule has 0 atom stereocenters. The molecule has 0 unspecified atom stereocenters. The Hall–Kier alpha value is -3.94. The third-order valence-corrected chi connectivity index (χ3v) is 4.46. The summed E-state index contributed by atoms with van der Waals surface area (Å²) in [6.07, 6.45) is 0. The number of fused-ring (bicyclic) bond motifs is 1. The molecule has 146 valence electrons. The smallest absolute Gasteiger partial charge is 0.260 e. The summed E-state index contributed by atoms with van der Waals surface area (Å²) in [6, 6.07) is 14.0. The molecule has 4 aromatic rings. The van der Waals surface area contributed by atoms with E-state index in [0.717, 1.165) is 5.56 Å². The third-order valence-electron chi connectivity index (χ3n) is 4.46. The van der Waals surface area contributed by atoms with Crippen LogP contribution in [0.15, 0.2) is 53.3 Å². The van der Waals surface area contributed by atoms with Crippen LogP contribution in [0.4, 0.5) is 5.82 Å². The number of aryl methyl sites for hydroxylation is 2. The Morgan fingerprint density at radius 2 is 1.97 bits per heavy atom. The minimum Gasteiger partial charge on any atom is -0.497 e. The van der Waals surface area contributed by atoms with Gasteiger partial charge in [-0.05, 0) is 38.1 Å². The van der Waals surface area contributed by atoms with Crippen LogP contribution in [0, 0.1) is 13.8 Å². The van der Waals surface area contributed by atoms with E-state index in [4.69, 9.17) is 4.74 Å². The summed E-state index contributed by atoms with van der Waals surface area (Å²) >= 11 is 0.